The Morgan fingerprint density at radius 3 is 2.55 bits per heavy atom. The largest absolute Gasteiger partial charge is 0.345 e. The van der Waals surface area contributed by atoms with E-state index in [4.69, 9.17) is 17.3 Å². The molecule has 1 aliphatic rings. The lowest BCUT2D eigenvalue weighted by Gasteiger charge is -2.16. The number of nitrogens with one attached hydrogen (secondary N) is 1. The maximum absolute atomic E-state index is 12.2. The van der Waals surface area contributed by atoms with E-state index >= 15 is 0 Å². The Balaban J connectivity index is 0.00000242. The highest BCUT2D eigenvalue weighted by molar-refractivity contribution is 6.34. The monoisotopic (exact) mass is 345 g/mol. The predicted octanol–water partition coefficient (Wildman–Crippen LogP) is 2.53. The molecule has 2 amide bonds. The molecule has 0 heterocycles. The molecule has 2 rings (SSSR count). The van der Waals surface area contributed by atoms with E-state index in [-0.39, 0.29) is 36.2 Å². The molecule has 0 saturated heterocycles. The molecule has 0 aromatic heterocycles. The molecule has 22 heavy (non-hydrogen) atoms. The Morgan fingerprint density at radius 2 is 2.00 bits per heavy atom. The molecule has 5 nitrogen and oxygen atoms in total. The molecule has 2 atom stereocenters. The predicted molar refractivity (Wildman–Crippen MR) is 90.7 cm³/mol. The van der Waals surface area contributed by atoms with Crippen molar-refractivity contribution in [3.05, 3.63) is 28.8 Å². The van der Waals surface area contributed by atoms with Gasteiger partial charge in [0.1, 0.15) is 0 Å². The zero-order valence-corrected chi connectivity index (χ0v) is 14.2. The summed E-state index contributed by atoms with van der Waals surface area (Å²) in [6.45, 7) is 0. The highest BCUT2D eigenvalue weighted by Crippen LogP contribution is 2.27. The number of rotatable bonds is 3. The van der Waals surface area contributed by atoms with E-state index in [9.17, 15) is 9.59 Å². The lowest BCUT2D eigenvalue weighted by Crippen LogP contribution is -2.34. The van der Waals surface area contributed by atoms with Crippen molar-refractivity contribution in [3.8, 4) is 0 Å². The summed E-state index contributed by atoms with van der Waals surface area (Å²) in [5.74, 6) is -0.451. The number of nitrogens with two attached hydrogens (primary N) is 1. The Labute approximate surface area is 141 Å². The number of hydrogen-bond donors (Lipinski definition) is 2. The van der Waals surface area contributed by atoms with E-state index < -0.39 is 0 Å². The van der Waals surface area contributed by atoms with Gasteiger partial charge in [0.15, 0.2) is 0 Å². The minimum absolute atomic E-state index is 0. The average molecular weight is 346 g/mol. The number of anilines is 1. The van der Waals surface area contributed by atoms with Crippen molar-refractivity contribution in [2.24, 2.45) is 11.7 Å². The third-order valence-corrected chi connectivity index (χ3v) is 4.11. The van der Waals surface area contributed by atoms with E-state index in [2.05, 4.69) is 5.32 Å². The maximum Gasteiger partial charge on any atom is 0.254 e. The van der Waals surface area contributed by atoms with Crippen molar-refractivity contribution in [3.63, 3.8) is 0 Å². The summed E-state index contributed by atoms with van der Waals surface area (Å²) in [4.78, 5) is 25.7. The lowest BCUT2D eigenvalue weighted by molar-refractivity contribution is -0.120. The van der Waals surface area contributed by atoms with Gasteiger partial charge in [0.05, 0.1) is 16.5 Å². The Kier molecular flexibility index (Phi) is 6.66. The van der Waals surface area contributed by atoms with Crippen molar-refractivity contribution < 1.29 is 9.59 Å². The van der Waals surface area contributed by atoms with Crippen LogP contribution in [0.25, 0.3) is 0 Å². The quantitative estimate of drug-likeness (QED) is 0.883. The Bertz CT molecular complexity index is 564. The number of hydrogen-bond acceptors (Lipinski definition) is 3. The zero-order valence-electron chi connectivity index (χ0n) is 12.6. The van der Waals surface area contributed by atoms with E-state index in [0.29, 0.717) is 16.3 Å². The van der Waals surface area contributed by atoms with Gasteiger partial charge in [-0.25, -0.2) is 0 Å². The molecular weight excluding hydrogens is 325 g/mol. The first-order chi connectivity index (χ1) is 9.90. The summed E-state index contributed by atoms with van der Waals surface area (Å²) in [5, 5.41) is 3.19. The van der Waals surface area contributed by atoms with Crippen LogP contribution in [0.15, 0.2) is 18.2 Å². The first-order valence-electron chi connectivity index (χ1n) is 6.98. The van der Waals surface area contributed by atoms with Gasteiger partial charge in [-0.15, -0.1) is 12.4 Å². The summed E-state index contributed by atoms with van der Waals surface area (Å²) in [7, 11) is 3.31. The van der Waals surface area contributed by atoms with Gasteiger partial charge >= 0.3 is 0 Å². The third kappa shape index (κ3) is 4.12. The summed E-state index contributed by atoms with van der Waals surface area (Å²) in [6.07, 6.45) is 2.66. The zero-order chi connectivity index (χ0) is 15.6. The number of nitrogens with zero attached hydrogens (tertiary/aromatic N) is 1. The minimum atomic E-state index is -0.200. The fourth-order valence-corrected chi connectivity index (χ4v) is 2.76. The molecule has 3 N–H and O–H groups in total. The maximum atomic E-state index is 12.2. The van der Waals surface area contributed by atoms with Gasteiger partial charge in [0.25, 0.3) is 5.91 Å². The molecule has 0 aliphatic heterocycles. The number of halogens is 2. The topological polar surface area (TPSA) is 75.4 Å². The van der Waals surface area contributed by atoms with E-state index in [0.717, 1.165) is 19.3 Å². The van der Waals surface area contributed by atoms with Crippen molar-refractivity contribution in [1.82, 2.24) is 4.90 Å². The number of amides is 2. The van der Waals surface area contributed by atoms with Crippen LogP contribution in [0.3, 0.4) is 0 Å². The van der Waals surface area contributed by atoms with Gasteiger partial charge in [0.2, 0.25) is 5.91 Å². The van der Waals surface area contributed by atoms with E-state index in [1.165, 1.54) is 4.90 Å². The van der Waals surface area contributed by atoms with Gasteiger partial charge in [-0.05, 0) is 31.0 Å². The first kappa shape index (κ1) is 18.7. The van der Waals surface area contributed by atoms with Gasteiger partial charge < -0.3 is 16.0 Å². The van der Waals surface area contributed by atoms with Crippen molar-refractivity contribution in [1.29, 1.82) is 0 Å². The second-order valence-corrected chi connectivity index (χ2v) is 5.99. The summed E-state index contributed by atoms with van der Waals surface area (Å²) in [6, 6.07) is 4.82. The first-order valence-corrected chi connectivity index (χ1v) is 7.35. The van der Waals surface area contributed by atoms with Gasteiger partial charge in [0, 0.05) is 25.8 Å². The average Bonchev–Trinajstić information content (AvgIpc) is 2.86. The van der Waals surface area contributed by atoms with Crippen LogP contribution >= 0.6 is 24.0 Å². The van der Waals surface area contributed by atoms with Crippen LogP contribution in [0.2, 0.25) is 5.02 Å². The van der Waals surface area contributed by atoms with Gasteiger partial charge in [-0.1, -0.05) is 18.0 Å². The van der Waals surface area contributed by atoms with Crippen molar-refractivity contribution in [2.45, 2.75) is 25.3 Å². The van der Waals surface area contributed by atoms with Crippen molar-refractivity contribution >= 4 is 41.5 Å². The third-order valence-electron chi connectivity index (χ3n) is 3.78. The molecule has 7 heteroatoms. The van der Waals surface area contributed by atoms with Crippen LogP contribution in [-0.2, 0) is 4.79 Å². The molecule has 1 aliphatic carbocycles. The van der Waals surface area contributed by atoms with E-state index in [1.54, 1.807) is 32.3 Å². The second-order valence-electron chi connectivity index (χ2n) is 5.58. The van der Waals surface area contributed by atoms with E-state index in [1.807, 2.05) is 0 Å². The Morgan fingerprint density at radius 1 is 1.32 bits per heavy atom. The lowest BCUT2D eigenvalue weighted by atomic mass is 10.0. The molecule has 0 spiro atoms. The summed E-state index contributed by atoms with van der Waals surface area (Å²) >= 11 is 6.04. The SMILES string of the molecule is CN(C)C(=O)c1cc(NC(=O)C2CCCC2N)ccc1Cl.Cl. The highest BCUT2D eigenvalue weighted by Gasteiger charge is 2.30. The molecular formula is C15H21Cl2N3O2. The molecule has 1 aromatic rings. The smallest absolute Gasteiger partial charge is 0.254 e. The molecule has 2 unspecified atom stereocenters. The Hall–Kier alpha value is -1.30. The van der Waals surface area contributed by atoms with Crippen LogP contribution in [0.5, 0.6) is 0 Å². The molecule has 1 saturated carbocycles. The van der Waals surface area contributed by atoms with Crippen LogP contribution in [-0.4, -0.2) is 36.9 Å². The number of carbonyl (C=O) groups excluding carboxylic acids is 2. The molecule has 0 radical (unpaired) electrons. The summed E-state index contributed by atoms with van der Waals surface area (Å²) < 4.78 is 0. The van der Waals surface area contributed by atoms with Gasteiger partial charge in [-0.2, -0.15) is 0 Å². The van der Waals surface area contributed by atoms with Gasteiger partial charge in [-0.3, -0.25) is 9.59 Å². The van der Waals surface area contributed by atoms with Crippen LogP contribution in [0, 0.1) is 5.92 Å². The minimum Gasteiger partial charge on any atom is -0.345 e. The number of benzene rings is 1. The second kappa shape index (κ2) is 7.81. The molecule has 1 aromatic carbocycles. The normalized spacial score (nSPS) is 20.2. The fourth-order valence-electron chi connectivity index (χ4n) is 2.56. The van der Waals surface area contributed by atoms with Crippen LogP contribution < -0.4 is 11.1 Å². The molecule has 122 valence electrons. The summed E-state index contributed by atoms with van der Waals surface area (Å²) in [5.41, 5.74) is 6.87. The molecule has 1 fully saturated rings. The highest BCUT2D eigenvalue weighted by atomic mass is 35.5. The van der Waals surface area contributed by atoms with Crippen LogP contribution in [0.1, 0.15) is 29.6 Å². The van der Waals surface area contributed by atoms with Crippen molar-refractivity contribution in [2.75, 3.05) is 19.4 Å². The molecule has 0 bridgehead atoms. The van der Waals surface area contributed by atoms with Crippen LogP contribution in [0.4, 0.5) is 5.69 Å². The fraction of sp³-hybridized carbons (Fsp3) is 0.467. The standard InChI is InChI=1S/C15H20ClN3O2.ClH/c1-19(2)15(21)11-8-9(6-7-12(11)16)18-14(20)10-4-3-5-13(10)17;/h6-8,10,13H,3-5,17H2,1-2H3,(H,18,20);1H. The number of carbonyl (C=O) groups is 2.